The second-order valence-corrected chi connectivity index (χ2v) is 5.56. The van der Waals surface area contributed by atoms with Crippen LogP contribution in [-0.4, -0.2) is 10.2 Å². The standard InChI is InChI=1S/C15H11Cl2N5O/c16-9-3-6-12(11(17)7-9)19-21-14-13(20-22-15(14)23)8-1-4-10(18)5-2-8/h1-7H,18H2,(H2,20,22,23). The van der Waals surface area contributed by atoms with Gasteiger partial charge in [-0.15, -0.1) is 10.2 Å². The van der Waals surface area contributed by atoms with Crippen molar-refractivity contribution in [2.24, 2.45) is 10.2 Å². The van der Waals surface area contributed by atoms with E-state index in [1.54, 1.807) is 42.5 Å². The van der Waals surface area contributed by atoms with E-state index in [2.05, 4.69) is 20.4 Å². The summed E-state index contributed by atoms with van der Waals surface area (Å²) in [6.45, 7) is 0. The molecule has 23 heavy (non-hydrogen) atoms. The second-order valence-electron chi connectivity index (χ2n) is 4.72. The lowest BCUT2D eigenvalue weighted by atomic mass is 10.1. The van der Waals surface area contributed by atoms with Gasteiger partial charge >= 0.3 is 0 Å². The molecule has 0 saturated heterocycles. The molecule has 1 aromatic heterocycles. The predicted octanol–water partition coefficient (Wildman–Crippen LogP) is 4.67. The molecule has 0 amide bonds. The lowest BCUT2D eigenvalue weighted by Gasteiger charge is -2.00. The number of nitrogens with zero attached hydrogens (tertiary/aromatic N) is 2. The van der Waals surface area contributed by atoms with Crippen molar-refractivity contribution in [2.45, 2.75) is 0 Å². The number of benzene rings is 2. The molecule has 0 bridgehead atoms. The summed E-state index contributed by atoms with van der Waals surface area (Å²) in [6.07, 6.45) is 0. The highest BCUT2D eigenvalue weighted by molar-refractivity contribution is 6.36. The maximum atomic E-state index is 11.9. The highest BCUT2D eigenvalue weighted by atomic mass is 35.5. The Morgan fingerprint density at radius 2 is 1.70 bits per heavy atom. The third kappa shape index (κ3) is 3.28. The number of aromatic nitrogens is 2. The fourth-order valence-electron chi connectivity index (χ4n) is 1.97. The van der Waals surface area contributed by atoms with Crippen LogP contribution in [0.15, 0.2) is 57.5 Å². The largest absolute Gasteiger partial charge is 0.399 e. The van der Waals surface area contributed by atoms with Gasteiger partial charge in [0.25, 0.3) is 5.56 Å². The van der Waals surface area contributed by atoms with Gasteiger partial charge in [-0.05, 0) is 30.3 Å². The molecule has 1 heterocycles. The molecule has 0 fully saturated rings. The molecular weight excluding hydrogens is 337 g/mol. The number of azo groups is 1. The van der Waals surface area contributed by atoms with Crippen LogP contribution >= 0.6 is 23.2 Å². The summed E-state index contributed by atoms with van der Waals surface area (Å²) in [4.78, 5) is 11.9. The summed E-state index contributed by atoms with van der Waals surface area (Å²) in [6, 6.07) is 11.8. The molecule has 4 N–H and O–H groups in total. The number of aromatic amines is 2. The third-order valence-corrected chi connectivity index (χ3v) is 3.66. The molecule has 3 rings (SSSR count). The molecule has 0 radical (unpaired) electrons. The molecule has 8 heteroatoms. The first-order valence-corrected chi connectivity index (χ1v) is 7.33. The lowest BCUT2D eigenvalue weighted by Crippen LogP contribution is -1.96. The molecule has 0 aliphatic carbocycles. The van der Waals surface area contributed by atoms with Crippen molar-refractivity contribution >= 4 is 40.3 Å². The minimum absolute atomic E-state index is 0.154. The molecule has 0 unspecified atom stereocenters. The fourth-order valence-corrected chi connectivity index (χ4v) is 2.42. The number of hydrogen-bond acceptors (Lipinski definition) is 4. The molecule has 0 spiro atoms. The van der Waals surface area contributed by atoms with Crippen molar-refractivity contribution in [3.63, 3.8) is 0 Å². The fraction of sp³-hybridized carbons (Fsp3) is 0. The van der Waals surface area contributed by atoms with Crippen LogP contribution in [0.25, 0.3) is 11.3 Å². The topological polar surface area (TPSA) is 99.4 Å². The van der Waals surface area contributed by atoms with E-state index >= 15 is 0 Å². The van der Waals surface area contributed by atoms with E-state index in [4.69, 9.17) is 28.9 Å². The van der Waals surface area contributed by atoms with Gasteiger partial charge in [0.05, 0.1) is 10.7 Å². The zero-order valence-electron chi connectivity index (χ0n) is 11.7. The summed E-state index contributed by atoms with van der Waals surface area (Å²) >= 11 is 11.9. The predicted molar refractivity (Wildman–Crippen MR) is 91.9 cm³/mol. The molecule has 2 aromatic carbocycles. The molecule has 0 saturated carbocycles. The Hall–Kier alpha value is -2.57. The van der Waals surface area contributed by atoms with Gasteiger partial charge in [0.1, 0.15) is 5.69 Å². The van der Waals surface area contributed by atoms with Crippen LogP contribution < -0.4 is 11.3 Å². The van der Waals surface area contributed by atoms with Crippen LogP contribution in [-0.2, 0) is 0 Å². The second kappa shape index (κ2) is 6.28. The van der Waals surface area contributed by atoms with E-state index in [-0.39, 0.29) is 11.2 Å². The normalized spacial score (nSPS) is 11.2. The first-order chi connectivity index (χ1) is 11.0. The monoisotopic (exact) mass is 347 g/mol. The average Bonchev–Trinajstić information content (AvgIpc) is 2.88. The van der Waals surface area contributed by atoms with Gasteiger partial charge in [-0.1, -0.05) is 35.3 Å². The molecule has 0 aliphatic heterocycles. The molecule has 116 valence electrons. The maximum absolute atomic E-state index is 11.9. The average molecular weight is 348 g/mol. The zero-order chi connectivity index (χ0) is 16.4. The van der Waals surface area contributed by atoms with E-state index in [1.165, 1.54) is 0 Å². The number of anilines is 1. The Morgan fingerprint density at radius 3 is 2.39 bits per heavy atom. The molecular formula is C15H11Cl2N5O. The van der Waals surface area contributed by atoms with E-state index in [9.17, 15) is 4.79 Å². The number of nitrogens with two attached hydrogens (primary N) is 1. The number of hydrogen-bond donors (Lipinski definition) is 3. The maximum Gasteiger partial charge on any atom is 0.292 e. The number of rotatable bonds is 3. The minimum atomic E-state index is -0.384. The highest BCUT2D eigenvalue weighted by Crippen LogP contribution is 2.31. The van der Waals surface area contributed by atoms with E-state index in [0.29, 0.717) is 27.1 Å². The third-order valence-electron chi connectivity index (χ3n) is 3.12. The SMILES string of the molecule is Nc1ccc(-c2[nH][nH]c(=O)c2N=Nc2ccc(Cl)cc2Cl)cc1. The first kappa shape index (κ1) is 15.3. The van der Waals surface area contributed by atoms with Crippen molar-refractivity contribution in [3.05, 3.63) is 62.9 Å². The van der Waals surface area contributed by atoms with Gasteiger partial charge < -0.3 is 5.73 Å². The number of nitrogens with one attached hydrogen (secondary N) is 2. The van der Waals surface area contributed by atoms with Gasteiger partial charge in [-0.2, -0.15) is 0 Å². The van der Waals surface area contributed by atoms with E-state index in [1.807, 2.05) is 0 Å². The van der Waals surface area contributed by atoms with Crippen LogP contribution in [0.2, 0.25) is 10.0 Å². The lowest BCUT2D eigenvalue weighted by molar-refractivity contribution is 1.06. The van der Waals surface area contributed by atoms with Crippen molar-refractivity contribution in [1.29, 1.82) is 0 Å². The number of H-pyrrole nitrogens is 2. The van der Waals surface area contributed by atoms with Crippen LogP contribution in [0.3, 0.4) is 0 Å². The summed E-state index contributed by atoms with van der Waals surface area (Å²) in [5.74, 6) is 0. The first-order valence-electron chi connectivity index (χ1n) is 6.58. The van der Waals surface area contributed by atoms with Crippen LogP contribution in [0, 0.1) is 0 Å². The Morgan fingerprint density at radius 1 is 0.957 bits per heavy atom. The van der Waals surface area contributed by atoms with Crippen molar-refractivity contribution in [2.75, 3.05) is 5.73 Å². The summed E-state index contributed by atoms with van der Waals surface area (Å²) in [7, 11) is 0. The van der Waals surface area contributed by atoms with Crippen LogP contribution in [0.4, 0.5) is 17.1 Å². The number of halogens is 2. The molecule has 0 aliphatic rings. The summed E-state index contributed by atoms with van der Waals surface area (Å²) < 4.78 is 0. The van der Waals surface area contributed by atoms with Gasteiger partial charge in [-0.25, -0.2) is 0 Å². The van der Waals surface area contributed by atoms with E-state index in [0.717, 1.165) is 5.56 Å². The smallest absolute Gasteiger partial charge is 0.292 e. The van der Waals surface area contributed by atoms with E-state index < -0.39 is 0 Å². The quantitative estimate of drug-likeness (QED) is 0.473. The molecule has 0 atom stereocenters. The number of nitrogen functional groups attached to an aromatic ring is 1. The van der Waals surface area contributed by atoms with Gasteiger partial charge in [0.15, 0.2) is 5.69 Å². The molecule has 3 aromatic rings. The Kier molecular flexibility index (Phi) is 4.18. The Bertz CT molecular complexity index is 928. The summed E-state index contributed by atoms with van der Waals surface area (Å²) in [5.41, 5.74) is 7.75. The zero-order valence-corrected chi connectivity index (χ0v) is 13.2. The molecule has 6 nitrogen and oxygen atoms in total. The minimum Gasteiger partial charge on any atom is -0.399 e. The highest BCUT2D eigenvalue weighted by Gasteiger charge is 2.11. The summed E-state index contributed by atoms with van der Waals surface area (Å²) in [5, 5.41) is 14.2. The van der Waals surface area contributed by atoms with Crippen molar-refractivity contribution in [3.8, 4) is 11.3 Å². The van der Waals surface area contributed by atoms with Gasteiger partial charge in [0, 0.05) is 16.3 Å². The van der Waals surface area contributed by atoms with Crippen LogP contribution in [0.1, 0.15) is 0 Å². The van der Waals surface area contributed by atoms with Gasteiger partial charge in [-0.3, -0.25) is 15.0 Å². The van der Waals surface area contributed by atoms with Crippen molar-refractivity contribution in [1.82, 2.24) is 10.2 Å². The Balaban J connectivity index is 2.00. The Labute approximate surface area is 140 Å². The van der Waals surface area contributed by atoms with Gasteiger partial charge in [0.2, 0.25) is 0 Å². The van der Waals surface area contributed by atoms with Crippen molar-refractivity contribution < 1.29 is 0 Å². The van der Waals surface area contributed by atoms with Crippen LogP contribution in [0.5, 0.6) is 0 Å².